The molecule has 0 bridgehead atoms. The molecule has 0 aromatic heterocycles. The van der Waals surface area contributed by atoms with Gasteiger partial charge in [0.05, 0.1) is 11.8 Å². The number of urea groups is 1. The molecule has 0 aromatic carbocycles. The summed E-state index contributed by atoms with van der Waals surface area (Å²) in [6.07, 6.45) is 14.2. The maximum absolute atomic E-state index is 14.7. The summed E-state index contributed by atoms with van der Waals surface area (Å²) in [5, 5.41) is 11.3. The molecule has 6 aliphatic rings. The summed E-state index contributed by atoms with van der Waals surface area (Å²) < 4.78 is 27.0. The van der Waals surface area contributed by atoms with Crippen LogP contribution in [0.2, 0.25) is 0 Å². The Morgan fingerprint density at radius 1 is 0.980 bits per heavy atom. The number of hydrogen-bond donors (Lipinski definition) is 4. The lowest BCUT2D eigenvalue weighted by Gasteiger charge is -2.36. The van der Waals surface area contributed by atoms with E-state index in [2.05, 4.69) is 47.6 Å². The average Bonchev–Trinajstić information content (AvgIpc) is 3.61. The van der Waals surface area contributed by atoms with Crippen molar-refractivity contribution in [1.29, 1.82) is 0 Å². The lowest BCUT2D eigenvalue weighted by Crippen LogP contribution is -2.61. The van der Waals surface area contributed by atoms with E-state index >= 15 is 0 Å². The molecule has 3 unspecified atom stereocenters. The van der Waals surface area contributed by atoms with E-state index in [0.717, 1.165) is 51.4 Å². The van der Waals surface area contributed by atoms with E-state index in [1.54, 1.807) is 4.90 Å². The van der Waals surface area contributed by atoms with Crippen LogP contribution in [0.25, 0.3) is 0 Å². The van der Waals surface area contributed by atoms with Crippen LogP contribution in [0.4, 0.5) is 4.79 Å². The third-order valence-electron chi connectivity index (χ3n) is 13.2. The summed E-state index contributed by atoms with van der Waals surface area (Å²) in [4.78, 5) is 69.8. The maximum atomic E-state index is 14.7. The molecular weight excluding hydrogens is 673 g/mol. The molecule has 0 spiro atoms. The minimum absolute atomic E-state index is 0.0802. The molecule has 4 saturated carbocycles. The van der Waals surface area contributed by atoms with Crippen LogP contribution in [0, 0.1) is 53.3 Å². The predicted molar refractivity (Wildman–Crippen MR) is 190 cm³/mol. The fraction of sp³-hybridized carbons (Fsp3) is 0.757. The van der Waals surface area contributed by atoms with Gasteiger partial charge in [-0.2, -0.15) is 4.31 Å². The largest absolute Gasteiger partial charge is 0.346 e. The third kappa shape index (κ3) is 7.04. The molecule has 51 heavy (non-hydrogen) atoms. The van der Waals surface area contributed by atoms with Crippen molar-refractivity contribution in [2.75, 3.05) is 31.9 Å². The zero-order valence-corrected chi connectivity index (χ0v) is 30.7. The van der Waals surface area contributed by atoms with Crippen LogP contribution >= 0.6 is 0 Å². The minimum atomic E-state index is -3.38. The van der Waals surface area contributed by atoms with Crippen LogP contribution in [-0.4, -0.2) is 103 Å². The molecule has 14 heteroatoms. The van der Waals surface area contributed by atoms with Gasteiger partial charge in [-0.15, -0.1) is 18.9 Å². The number of amides is 5. The van der Waals surface area contributed by atoms with Gasteiger partial charge in [0.2, 0.25) is 27.6 Å². The van der Waals surface area contributed by atoms with Crippen molar-refractivity contribution in [1.82, 2.24) is 30.5 Å². The number of nitrogens with zero attached hydrogens (tertiary/aromatic N) is 2. The Morgan fingerprint density at radius 2 is 1.71 bits per heavy atom. The first-order chi connectivity index (χ1) is 24.4. The van der Waals surface area contributed by atoms with Crippen molar-refractivity contribution in [3.63, 3.8) is 0 Å². The highest BCUT2D eigenvalue weighted by atomic mass is 32.2. The average molecular weight is 727 g/mol. The number of Topliss-reactive ketones (excluding diaryl/α,β-unsaturated/α-hetero) is 1. The summed E-state index contributed by atoms with van der Waals surface area (Å²) >= 11 is 0. The molecule has 8 atom stereocenters. The second-order valence-corrected chi connectivity index (χ2v) is 17.9. The third-order valence-corrected chi connectivity index (χ3v) is 15.1. The molecule has 2 saturated heterocycles. The molecule has 280 valence electrons. The van der Waals surface area contributed by atoms with Gasteiger partial charge in [-0.25, -0.2) is 13.2 Å². The van der Waals surface area contributed by atoms with Gasteiger partial charge in [0.25, 0.3) is 5.91 Å². The van der Waals surface area contributed by atoms with Crippen LogP contribution in [0.15, 0.2) is 12.7 Å². The lowest BCUT2D eigenvalue weighted by molar-refractivity contribution is -0.144. The van der Waals surface area contributed by atoms with E-state index in [1.807, 2.05) is 0 Å². The molecule has 2 heterocycles. The van der Waals surface area contributed by atoms with Crippen LogP contribution in [0.5, 0.6) is 0 Å². The van der Waals surface area contributed by atoms with Gasteiger partial charge in [-0.3, -0.25) is 19.2 Å². The van der Waals surface area contributed by atoms with Gasteiger partial charge >= 0.3 is 6.03 Å². The summed E-state index contributed by atoms with van der Waals surface area (Å²) in [6.45, 7) is 8.92. The summed E-state index contributed by atoms with van der Waals surface area (Å²) in [5.74, 6) is 0.907. The number of carbonyl (C=O) groups is 5. The summed E-state index contributed by atoms with van der Waals surface area (Å²) in [7, 11) is -3.38. The lowest BCUT2D eigenvalue weighted by atomic mass is 9.83. The van der Waals surface area contributed by atoms with E-state index in [9.17, 15) is 32.4 Å². The minimum Gasteiger partial charge on any atom is -0.346 e. The molecule has 6 rings (SSSR count). The molecule has 2 aliphatic heterocycles. The second-order valence-electron chi connectivity index (χ2n) is 15.8. The van der Waals surface area contributed by atoms with Gasteiger partial charge in [0, 0.05) is 38.0 Å². The van der Waals surface area contributed by atoms with Gasteiger partial charge in [0.15, 0.2) is 0 Å². The molecule has 5 amide bonds. The number of nitrogens with one attached hydrogen (secondary N) is 4. The van der Waals surface area contributed by atoms with Crippen molar-refractivity contribution < 1.29 is 32.4 Å². The first-order valence-corrected chi connectivity index (χ1v) is 20.5. The zero-order valence-electron chi connectivity index (χ0n) is 29.9. The zero-order chi connectivity index (χ0) is 36.7. The van der Waals surface area contributed by atoms with E-state index < -0.39 is 51.8 Å². The van der Waals surface area contributed by atoms with Crippen molar-refractivity contribution in [2.45, 2.75) is 102 Å². The van der Waals surface area contributed by atoms with Gasteiger partial charge in [0.1, 0.15) is 18.1 Å². The number of terminal acetylenes is 1. The van der Waals surface area contributed by atoms with Crippen molar-refractivity contribution in [2.24, 2.45) is 40.9 Å². The van der Waals surface area contributed by atoms with Gasteiger partial charge in [-0.1, -0.05) is 45.6 Å². The highest BCUT2D eigenvalue weighted by molar-refractivity contribution is 7.89. The van der Waals surface area contributed by atoms with Gasteiger partial charge < -0.3 is 26.2 Å². The Labute approximate surface area is 301 Å². The van der Waals surface area contributed by atoms with E-state index in [0.29, 0.717) is 37.3 Å². The molecule has 4 aliphatic carbocycles. The predicted octanol–water partition coefficient (Wildman–Crippen LogP) is 1.55. The smallest absolute Gasteiger partial charge is 0.315 e. The van der Waals surface area contributed by atoms with Crippen LogP contribution in [0.1, 0.15) is 78.1 Å². The van der Waals surface area contributed by atoms with Crippen molar-refractivity contribution >= 4 is 39.6 Å². The van der Waals surface area contributed by atoms with E-state index in [4.69, 9.17) is 6.42 Å². The van der Waals surface area contributed by atoms with E-state index in [1.165, 1.54) is 10.4 Å². The standard InChI is InChI=1S/C37H54N6O7S/c1-5-12-27(32(44)34(46)38-17-6-2)39-33(45)31-26-16-10-15-25(26)20-43(31)35(47)30(24-13-8-7-9-14-24)41-36(48)40-28(37-22(3)29(37)23(37)4)21-42-18-11-19-51(42,49)50/h1,6,22-31H,2,7-21H2,3-4H3,(H,38,46)(H,39,45)(H2,40,41,48)/t22?,23?,25-,26-,27?,28+,29?,30-,31-,37?/m0/s1. The number of hydrogen-bond acceptors (Lipinski definition) is 7. The molecule has 0 aromatic rings. The fourth-order valence-electron chi connectivity index (χ4n) is 10.6. The van der Waals surface area contributed by atoms with Crippen LogP contribution in [0.3, 0.4) is 0 Å². The first kappa shape index (κ1) is 37.3. The Bertz CT molecular complexity index is 1560. The number of fused-ring (bicyclic) bond motifs is 2. The van der Waals surface area contributed by atoms with Gasteiger partial charge in [-0.05, 0) is 67.6 Å². The quantitative estimate of drug-likeness (QED) is 0.119. The number of ketones is 1. The molecule has 0 radical (unpaired) electrons. The second kappa shape index (κ2) is 14.9. The SMILES string of the molecule is C#CCC(NC(=O)[C@@H]1[C@H]2CCC[C@H]2CN1C(=O)[C@@H](NC(=O)N[C@H](CN1CCCS1(=O)=O)C12C(C)C1C2C)C1CCCCC1)C(=O)C(=O)NCC=C. The van der Waals surface area contributed by atoms with Crippen LogP contribution < -0.4 is 21.3 Å². The molecular formula is C37H54N6O7S. The van der Waals surface area contributed by atoms with Crippen molar-refractivity contribution in [3.8, 4) is 12.3 Å². The summed E-state index contributed by atoms with van der Waals surface area (Å²) in [6, 6.07) is -3.90. The number of sulfonamides is 1. The van der Waals surface area contributed by atoms with E-state index in [-0.39, 0.29) is 60.4 Å². The highest BCUT2D eigenvalue weighted by Crippen LogP contribution is 2.85. The number of carbonyl (C=O) groups excluding carboxylic acids is 5. The number of rotatable bonds is 14. The Balaban J connectivity index is 1.21. The fourth-order valence-corrected chi connectivity index (χ4v) is 12.1. The van der Waals surface area contributed by atoms with Crippen molar-refractivity contribution in [3.05, 3.63) is 12.7 Å². The Kier molecular flexibility index (Phi) is 10.9. The molecule has 6 fully saturated rings. The first-order valence-electron chi connectivity index (χ1n) is 18.9. The molecule has 4 N–H and O–H groups in total. The summed E-state index contributed by atoms with van der Waals surface area (Å²) in [5.41, 5.74) is -0.148. The Morgan fingerprint density at radius 3 is 2.31 bits per heavy atom. The molecule has 13 nitrogen and oxygen atoms in total. The highest BCUT2D eigenvalue weighted by Gasteiger charge is 2.85. The topological polar surface area (TPSA) is 174 Å². The van der Waals surface area contributed by atoms with Crippen LogP contribution in [-0.2, 0) is 29.2 Å². The number of likely N-dealkylation sites (tertiary alicyclic amines) is 1. The monoisotopic (exact) mass is 726 g/mol. The normalized spacial score (nSPS) is 33.8. The maximum Gasteiger partial charge on any atom is 0.315 e. The Hall–Kier alpha value is -3.44.